The van der Waals surface area contributed by atoms with Crippen molar-refractivity contribution < 1.29 is 13.2 Å². The minimum absolute atomic E-state index is 0.0672. The summed E-state index contributed by atoms with van der Waals surface area (Å²) in [5.74, 6) is -0.269. The molecular formula is C26H28N2O3S. The molecule has 0 aromatic heterocycles. The average Bonchev–Trinajstić information content (AvgIpc) is 2.76. The van der Waals surface area contributed by atoms with Gasteiger partial charge in [-0.25, -0.2) is 8.42 Å². The molecule has 5 nitrogen and oxygen atoms in total. The van der Waals surface area contributed by atoms with E-state index in [4.69, 9.17) is 0 Å². The van der Waals surface area contributed by atoms with Gasteiger partial charge in [0.1, 0.15) is 0 Å². The third-order valence-corrected chi connectivity index (χ3v) is 7.70. The zero-order valence-electron chi connectivity index (χ0n) is 18.6. The minimum atomic E-state index is -3.84. The number of benzene rings is 3. The Kier molecular flexibility index (Phi) is 6.07. The molecule has 3 aromatic rings. The van der Waals surface area contributed by atoms with Crippen molar-refractivity contribution in [2.24, 2.45) is 0 Å². The van der Waals surface area contributed by atoms with Gasteiger partial charge in [-0.15, -0.1) is 0 Å². The fourth-order valence-electron chi connectivity index (χ4n) is 4.19. The Morgan fingerprint density at radius 3 is 2.44 bits per heavy atom. The Hall–Kier alpha value is -3.12. The predicted molar refractivity (Wildman–Crippen MR) is 127 cm³/mol. The molecule has 6 heteroatoms. The highest BCUT2D eigenvalue weighted by molar-refractivity contribution is 7.92. The second-order valence-corrected chi connectivity index (χ2v) is 10.2. The molecule has 2 N–H and O–H groups in total. The lowest BCUT2D eigenvalue weighted by Gasteiger charge is -2.26. The summed E-state index contributed by atoms with van der Waals surface area (Å²) in [6, 6.07) is 18.3. The van der Waals surface area contributed by atoms with Crippen molar-refractivity contribution in [1.29, 1.82) is 0 Å². The second-order valence-electron chi connectivity index (χ2n) is 8.50. The summed E-state index contributed by atoms with van der Waals surface area (Å²) in [6.45, 7) is 5.64. The number of carbonyl (C=O) groups is 1. The Morgan fingerprint density at radius 1 is 0.906 bits per heavy atom. The minimum Gasteiger partial charge on any atom is -0.345 e. The average molecular weight is 449 g/mol. The molecule has 4 rings (SSSR count). The topological polar surface area (TPSA) is 75.3 Å². The number of amides is 1. The number of aryl methyl sites for hydroxylation is 4. The third kappa shape index (κ3) is 4.55. The summed E-state index contributed by atoms with van der Waals surface area (Å²) in [4.78, 5) is 13.1. The third-order valence-electron chi connectivity index (χ3n) is 6.17. The molecule has 1 amide bonds. The van der Waals surface area contributed by atoms with Crippen LogP contribution in [0, 0.1) is 20.8 Å². The van der Waals surface area contributed by atoms with E-state index in [9.17, 15) is 13.2 Å². The lowest BCUT2D eigenvalue weighted by atomic mass is 9.87. The van der Waals surface area contributed by atoms with Gasteiger partial charge in [0.05, 0.1) is 10.9 Å². The number of hydrogen-bond donors (Lipinski definition) is 2. The first kappa shape index (κ1) is 22.1. The number of carbonyl (C=O) groups excluding carboxylic acids is 1. The van der Waals surface area contributed by atoms with Crippen molar-refractivity contribution in [3.63, 3.8) is 0 Å². The largest absolute Gasteiger partial charge is 0.345 e. The first-order valence-corrected chi connectivity index (χ1v) is 12.3. The van der Waals surface area contributed by atoms with Crippen LogP contribution in [0.1, 0.15) is 57.1 Å². The maximum absolute atomic E-state index is 13.1. The molecule has 166 valence electrons. The van der Waals surface area contributed by atoms with Crippen LogP contribution < -0.4 is 10.0 Å². The summed E-state index contributed by atoms with van der Waals surface area (Å²) >= 11 is 0. The van der Waals surface area contributed by atoms with Crippen LogP contribution in [0.2, 0.25) is 0 Å². The van der Waals surface area contributed by atoms with Crippen LogP contribution in [0.3, 0.4) is 0 Å². The maximum atomic E-state index is 13.1. The van der Waals surface area contributed by atoms with Crippen molar-refractivity contribution in [2.75, 3.05) is 4.72 Å². The molecule has 0 unspecified atom stereocenters. The molecule has 0 saturated heterocycles. The van der Waals surface area contributed by atoms with E-state index in [1.807, 2.05) is 32.0 Å². The Balaban J connectivity index is 1.58. The number of anilines is 1. The smallest absolute Gasteiger partial charge is 0.262 e. The van der Waals surface area contributed by atoms with Crippen molar-refractivity contribution in [2.45, 2.75) is 51.0 Å². The van der Waals surface area contributed by atoms with E-state index in [1.165, 1.54) is 11.6 Å². The number of sulfonamides is 1. The quantitative estimate of drug-likeness (QED) is 0.562. The number of rotatable bonds is 5. The van der Waals surface area contributed by atoms with Gasteiger partial charge in [-0.1, -0.05) is 36.4 Å². The number of nitrogens with one attached hydrogen (secondary N) is 2. The summed E-state index contributed by atoms with van der Waals surface area (Å²) in [7, 11) is -3.84. The fraction of sp³-hybridized carbons (Fsp3) is 0.269. The van der Waals surface area contributed by atoms with Gasteiger partial charge in [-0.05, 0) is 92.1 Å². The molecule has 3 aromatic carbocycles. The fourth-order valence-corrected chi connectivity index (χ4v) is 5.51. The van der Waals surface area contributed by atoms with E-state index in [0.717, 1.165) is 36.0 Å². The van der Waals surface area contributed by atoms with E-state index in [0.29, 0.717) is 16.8 Å². The van der Waals surface area contributed by atoms with E-state index >= 15 is 0 Å². The van der Waals surface area contributed by atoms with Crippen LogP contribution >= 0.6 is 0 Å². The van der Waals surface area contributed by atoms with Crippen LogP contribution in [0.15, 0.2) is 65.6 Å². The van der Waals surface area contributed by atoms with Crippen molar-refractivity contribution in [3.8, 4) is 0 Å². The lowest BCUT2D eigenvalue weighted by molar-refractivity contribution is 0.0932. The van der Waals surface area contributed by atoms with Gasteiger partial charge in [0.2, 0.25) is 0 Å². The van der Waals surface area contributed by atoms with E-state index in [1.54, 1.807) is 31.2 Å². The van der Waals surface area contributed by atoms with Gasteiger partial charge in [0.25, 0.3) is 15.9 Å². The molecule has 0 heterocycles. The summed E-state index contributed by atoms with van der Waals surface area (Å²) < 4.78 is 28.9. The number of fused-ring (bicyclic) bond motifs is 1. The molecule has 0 spiro atoms. The summed E-state index contributed by atoms with van der Waals surface area (Å²) in [5.41, 5.74) is 5.91. The zero-order chi connectivity index (χ0) is 22.9. The van der Waals surface area contributed by atoms with Gasteiger partial charge in [-0.2, -0.15) is 0 Å². The Labute approximate surface area is 189 Å². The molecule has 1 aliphatic carbocycles. The molecule has 32 heavy (non-hydrogen) atoms. The molecule has 0 aliphatic heterocycles. The van der Waals surface area contributed by atoms with Gasteiger partial charge in [0, 0.05) is 11.3 Å². The standard InChI is InChI=1S/C26H28N2O3S/c1-17-12-14-22(15-19(17)3)28-32(30,31)25-16-21(13-11-18(25)2)26(29)27-24-10-6-8-20-7-4-5-9-23(20)24/h4-5,7,9,11-16,24,28H,6,8,10H2,1-3H3,(H,27,29)/t24-/m0/s1. The van der Waals surface area contributed by atoms with Gasteiger partial charge in [-0.3, -0.25) is 9.52 Å². The molecule has 0 bridgehead atoms. The van der Waals surface area contributed by atoms with E-state index < -0.39 is 10.0 Å². The van der Waals surface area contributed by atoms with Crippen molar-refractivity contribution in [1.82, 2.24) is 5.32 Å². The summed E-state index contributed by atoms with van der Waals surface area (Å²) in [6.07, 6.45) is 2.89. The molecule has 0 fully saturated rings. The molecular weight excluding hydrogens is 420 g/mol. The monoisotopic (exact) mass is 448 g/mol. The molecule has 0 saturated carbocycles. The Bertz CT molecular complexity index is 1280. The van der Waals surface area contributed by atoms with Crippen molar-refractivity contribution in [3.05, 3.63) is 94.0 Å². The highest BCUT2D eigenvalue weighted by Crippen LogP contribution is 2.30. The SMILES string of the molecule is Cc1ccc(NS(=O)(=O)c2cc(C(=O)N[C@H]3CCCc4ccccc43)ccc2C)cc1C. The van der Waals surface area contributed by atoms with Gasteiger partial charge < -0.3 is 5.32 Å². The first-order valence-electron chi connectivity index (χ1n) is 10.8. The van der Waals surface area contributed by atoms with Gasteiger partial charge in [0.15, 0.2) is 0 Å². The van der Waals surface area contributed by atoms with E-state index in [-0.39, 0.29) is 16.8 Å². The lowest BCUT2D eigenvalue weighted by Crippen LogP contribution is -2.31. The normalized spacial score (nSPS) is 15.7. The van der Waals surface area contributed by atoms with Crippen LogP contribution in [-0.2, 0) is 16.4 Å². The molecule has 0 radical (unpaired) electrons. The van der Waals surface area contributed by atoms with Crippen LogP contribution in [-0.4, -0.2) is 14.3 Å². The zero-order valence-corrected chi connectivity index (χ0v) is 19.4. The van der Waals surface area contributed by atoms with Gasteiger partial charge >= 0.3 is 0 Å². The highest BCUT2D eigenvalue weighted by atomic mass is 32.2. The predicted octanol–water partition coefficient (Wildman–Crippen LogP) is 5.22. The second kappa shape index (κ2) is 8.79. The highest BCUT2D eigenvalue weighted by Gasteiger charge is 2.24. The van der Waals surface area contributed by atoms with Crippen molar-refractivity contribution >= 4 is 21.6 Å². The van der Waals surface area contributed by atoms with E-state index in [2.05, 4.69) is 22.2 Å². The Morgan fingerprint density at radius 2 is 1.66 bits per heavy atom. The molecule has 1 atom stereocenters. The van der Waals surface area contributed by atoms with Crippen LogP contribution in [0.25, 0.3) is 0 Å². The van der Waals surface area contributed by atoms with Crippen LogP contribution in [0.5, 0.6) is 0 Å². The first-order chi connectivity index (χ1) is 15.2. The number of hydrogen-bond acceptors (Lipinski definition) is 3. The maximum Gasteiger partial charge on any atom is 0.262 e. The molecule has 1 aliphatic rings. The summed E-state index contributed by atoms with van der Waals surface area (Å²) in [5, 5.41) is 3.10. The van der Waals surface area contributed by atoms with Crippen LogP contribution in [0.4, 0.5) is 5.69 Å².